The Balaban J connectivity index is 2.49. The van der Waals surface area contributed by atoms with Crippen LogP contribution in [0.2, 0.25) is 0 Å². The van der Waals surface area contributed by atoms with E-state index in [1.54, 1.807) is 17.9 Å². The topological polar surface area (TPSA) is 55.1 Å². The average molecular weight is 192 g/mol. The molecule has 0 atom stereocenters. The van der Waals surface area contributed by atoms with Crippen LogP contribution in [0.3, 0.4) is 0 Å². The van der Waals surface area contributed by atoms with Crippen LogP contribution in [0.15, 0.2) is 18.0 Å². The minimum absolute atomic E-state index is 0.0897. The van der Waals surface area contributed by atoms with Gasteiger partial charge in [-0.05, 0) is 19.3 Å². The Hall–Kier alpha value is -1.58. The van der Waals surface area contributed by atoms with Crippen molar-refractivity contribution in [3.63, 3.8) is 0 Å². The molecule has 0 fully saturated rings. The van der Waals surface area contributed by atoms with Gasteiger partial charge >= 0.3 is 0 Å². The normalized spacial score (nSPS) is 19.5. The second-order valence-electron chi connectivity index (χ2n) is 3.50. The Kier molecular flexibility index (Phi) is 2.11. The molecule has 0 saturated carbocycles. The van der Waals surface area contributed by atoms with Gasteiger partial charge in [0.1, 0.15) is 0 Å². The van der Waals surface area contributed by atoms with Gasteiger partial charge in [-0.1, -0.05) is 0 Å². The molecule has 1 aromatic rings. The molecule has 14 heavy (non-hydrogen) atoms. The number of hydrogen-bond acceptors (Lipinski definition) is 3. The number of fused-ring (bicyclic) bond motifs is 1. The first kappa shape index (κ1) is 8.99. The predicted molar refractivity (Wildman–Crippen MR) is 51.2 cm³/mol. The molecule has 1 aliphatic rings. The summed E-state index contributed by atoms with van der Waals surface area (Å²) >= 11 is 0. The van der Waals surface area contributed by atoms with Gasteiger partial charge in [-0.15, -0.1) is 0 Å². The van der Waals surface area contributed by atoms with E-state index >= 15 is 0 Å². The molecule has 74 valence electrons. The zero-order valence-corrected chi connectivity index (χ0v) is 8.03. The lowest BCUT2D eigenvalue weighted by atomic mass is 10.1. The maximum Gasteiger partial charge on any atom is 0.195 e. The first-order chi connectivity index (χ1) is 6.72. The van der Waals surface area contributed by atoms with E-state index in [0.717, 1.165) is 24.8 Å². The summed E-state index contributed by atoms with van der Waals surface area (Å²) in [6.45, 7) is 0. The quantitative estimate of drug-likeness (QED) is 0.384. The highest BCUT2D eigenvalue weighted by molar-refractivity contribution is 6.09. The zero-order chi connectivity index (χ0) is 10.1. The van der Waals surface area contributed by atoms with Crippen molar-refractivity contribution < 1.29 is 9.90 Å². The van der Waals surface area contributed by atoms with Crippen LogP contribution in [0, 0.1) is 0 Å². The van der Waals surface area contributed by atoms with E-state index < -0.39 is 0 Å². The number of carbonyl (C=O) groups excluding carboxylic acids is 1. The van der Waals surface area contributed by atoms with Crippen LogP contribution in [0.5, 0.6) is 0 Å². The average Bonchev–Trinajstić information content (AvgIpc) is 2.47. The summed E-state index contributed by atoms with van der Waals surface area (Å²) in [5.74, 6) is -0.0897. The molecule has 0 bridgehead atoms. The number of carbonyl (C=O) groups is 1. The summed E-state index contributed by atoms with van der Waals surface area (Å²) in [6.07, 6.45) is 4.94. The number of aliphatic hydroxyl groups is 1. The molecule has 1 aliphatic carbocycles. The van der Waals surface area contributed by atoms with E-state index in [1.807, 2.05) is 0 Å². The van der Waals surface area contributed by atoms with Crippen LogP contribution < -0.4 is 0 Å². The molecule has 0 aromatic carbocycles. The molecule has 0 saturated heterocycles. The van der Waals surface area contributed by atoms with Crippen LogP contribution in [0.1, 0.15) is 28.9 Å². The van der Waals surface area contributed by atoms with Gasteiger partial charge in [-0.3, -0.25) is 9.48 Å². The van der Waals surface area contributed by atoms with Gasteiger partial charge in [0.05, 0.1) is 17.5 Å². The molecule has 4 heteroatoms. The molecule has 0 amide bonds. The SMILES string of the molecule is Cn1cc2c(n1)CCC/C(=C/O)C2=O. The second-order valence-corrected chi connectivity index (χ2v) is 3.50. The predicted octanol–water partition coefficient (Wildman–Crippen LogP) is 1.38. The third kappa shape index (κ3) is 1.32. The van der Waals surface area contributed by atoms with Crippen LogP contribution in [0.4, 0.5) is 0 Å². The highest BCUT2D eigenvalue weighted by Crippen LogP contribution is 2.22. The zero-order valence-electron chi connectivity index (χ0n) is 8.03. The minimum atomic E-state index is -0.0897. The molecular formula is C10H12N2O2. The molecule has 1 N–H and O–H groups in total. The van der Waals surface area contributed by atoms with E-state index in [0.29, 0.717) is 17.6 Å². The first-order valence-electron chi connectivity index (χ1n) is 4.63. The largest absolute Gasteiger partial charge is 0.515 e. The van der Waals surface area contributed by atoms with Gasteiger partial charge < -0.3 is 5.11 Å². The van der Waals surface area contributed by atoms with Crippen LogP contribution in [-0.2, 0) is 13.5 Å². The van der Waals surface area contributed by atoms with Crippen molar-refractivity contribution in [3.8, 4) is 0 Å². The fourth-order valence-electron chi connectivity index (χ4n) is 1.76. The summed E-state index contributed by atoms with van der Waals surface area (Å²) < 4.78 is 1.64. The van der Waals surface area contributed by atoms with Crippen molar-refractivity contribution in [2.24, 2.45) is 7.05 Å². The van der Waals surface area contributed by atoms with Crippen molar-refractivity contribution in [2.45, 2.75) is 19.3 Å². The number of ketones is 1. The standard InChI is InChI=1S/C10H12N2O2/c1-12-5-8-9(11-12)4-2-3-7(6-13)10(8)14/h5-6,13H,2-4H2,1H3/b7-6-. The molecule has 0 aliphatic heterocycles. The number of Topliss-reactive ketones (excluding diaryl/α,β-unsaturated/α-hetero) is 1. The van der Waals surface area contributed by atoms with Crippen molar-refractivity contribution in [1.82, 2.24) is 9.78 Å². The Morgan fingerprint density at radius 1 is 1.57 bits per heavy atom. The van der Waals surface area contributed by atoms with Gasteiger partial charge in [-0.25, -0.2) is 0 Å². The van der Waals surface area contributed by atoms with Crippen molar-refractivity contribution >= 4 is 5.78 Å². The molecule has 0 unspecified atom stereocenters. The Bertz CT molecular complexity index is 404. The lowest BCUT2D eigenvalue weighted by Gasteiger charge is -1.97. The molecule has 0 spiro atoms. The molecule has 1 heterocycles. The highest BCUT2D eigenvalue weighted by Gasteiger charge is 2.22. The number of aromatic nitrogens is 2. The molecular weight excluding hydrogens is 180 g/mol. The molecule has 4 nitrogen and oxygen atoms in total. The molecule has 1 aromatic heterocycles. The fraction of sp³-hybridized carbons (Fsp3) is 0.400. The third-order valence-corrected chi connectivity index (χ3v) is 2.46. The minimum Gasteiger partial charge on any atom is -0.515 e. The van der Waals surface area contributed by atoms with Gasteiger partial charge in [0, 0.05) is 18.8 Å². The van der Waals surface area contributed by atoms with Gasteiger partial charge in [0.15, 0.2) is 5.78 Å². The number of aryl methyl sites for hydroxylation is 2. The summed E-state index contributed by atoms with van der Waals surface area (Å²) in [4.78, 5) is 11.8. The van der Waals surface area contributed by atoms with Crippen LogP contribution in [-0.4, -0.2) is 20.7 Å². The lowest BCUT2D eigenvalue weighted by molar-refractivity contribution is 0.102. The number of rotatable bonds is 0. The van der Waals surface area contributed by atoms with E-state index in [1.165, 1.54) is 0 Å². The van der Waals surface area contributed by atoms with Gasteiger partial charge in [0.25, 0.3) is 0 Å². The maximum absolute atomic E-state index is 11.8. The Labute approximate surface area is 81.9 Å². The van der Waals surface area contributed by atoms with E-state index in [4.69, 9.17) is 5.11 Å². The smallest absolute Gasteiger partial charge is 0.195 e. The number of hydrogen-bond donors (Lipinski definition) is 1. The van der Waals surface area contributed by atoms with Crippen molar-refractivity contribution in [3.05, 3.63) is 29.3 Å². The van der Waals surface area contributed by atoms with Crippen LogP contribution in [0.25, 0.3) is 0 Å². The summed E-state index contributed by atoms with van der Waals surface area (Å²) in [6, 6.07) is 0. The van der Waals surface area contributed by atoms with Crippen LogP contribution >= 0.6 is 0 Å². The Morgan fingerprint density at radius 3 is 3.07 bits per heavy atom. The molecule has 2 rings (SSSR count). The van der Waals surface area contributed by atoms with E-state index in [9.17, 15) is 4.79 Å². The summed E-state index contributed by atoms with van der Waals surface area (Å²) in [5.41, 5.74) is 1.96. The highest BCUT2D eigenvalue weighted by atomic mass is 16.2. The first-order valence-corrected chi connectivity index (χ1v) is 4.63. The number of nitrogens with zero attached hydrogens (tertiary/aromatic N) is 2. The molecule has 0 radical (unpaired) electrons. The second kappa shape index (κ2) is 3.29. The summed E-state index contributed by atoms with van der Waals surface area (Å²) in [5, 5.41) is 13.1. The third-order valence-electron chi connectivity index (χ3n) is 2.46. The lowest BCUT2D eigenvalue weighted by Crippen LogP contribution is -2.01. The maximum atomic E-state index is 11.8. The van der Waals surface area contributed by atoms with Gasteiger partial charge in [-0.2, -0.15) is 5.10 Å². The number of aliphatic hydroxyl groups excluding tert-OH is 1. The number of allylic oxidation sites excluding steroid dienone is 1. The summed E-state index contributed by atoms with van der Waals surface area (Å²) in [7, 11) is 1.80. The fourth-order valence-corrected chi connectivity index (χ4v) is 1.76. The van der Waals surface area contributed by atoms with Crippen molar-refractivity contribution in [1.29, 1.82) is 0 Å². The van der Waals surface area contributed by atoms with E-state index in [2.05, 4.69) is 5.10 Å². The van der Waals surface area contributed by atoms with Gasteiger partial charge in [0.2, 0.25) is 0 Å². The Morgan fingerprint density at radius 2 is 2.36 bits per heavy atom. The van der Waals surface area contributed by atoms with E-state index in [-0.39, 0.29) is 5.78 Å². The van der Waals surface area contributed by atoms with Crippen molar-refractivity contribution in [2.75, 3.05) is 0 Å². The monoisotopic (exact) mass is 192 g/mol.